The summed E-state index contributed by atoms with van der Waals surface area (Å²) < 4.78 is 5.06. The maximum Gasteiger partial charge on any atom is 0.140 e. The molecule has 1 aromatic rings. The van der Waals surface area contributed by atoms with Crippen LogP contribution in [0.25, 0.3) is 0 Å². The van der Waals surface area contributed by atoms with Gasteiger partial charge in [-0.3, -0.25) is 4.98 Å². The zero-order valence-electron chi connectivity index (χ0n) is 7.47. The molecule has 0 aliphatic rings. The summed E-state index contributed by atoms with van der Waals surface area (Å²) in [6.07, 6.45) is 1.71. The summed E-state index contributed by atoms with van der Waals surface area (Å²) in [5.74, 6) is 1.02. The molecule has 0 fully saturated rings. The van der Waals surface area contributed by atoms with Crippen LogP contribution in [0, 0.1) is 0 Å². The highest BCUT2D eigenvalue weighted by molar-refractivity contribution is 6.32. The van der Waals surface area contributed by atoms with Gasteiger partial charge in [0.1, 0.15) is 10.8 Å². The molecule has 0 amide bonds. The molecule has 0 radical (unpaired) electrons. The number of hydrogen-bond donors (Lipinski definition) is 0. The molecule has 1 rings (SSSR count). The van der Waals surface area contributed by atoms with E-state index in [1.165, 1.54) is 0 Å². The lowest BCUT2D eigenvalue weighted by molar-refractivity contribution is 0.413. The summed E-state index contributed by atoms with van der Waals surface area (Å²) in [6.45, 7) is 4.10. The molecule has 3 heteroatoms. The van der Waals surface area contributed by atoms with E-state index in [0.717, 1.165) is 5.69 Å². The van der Waals surface area contributed by atoms with Crippen molar-refractivity contribution in [3.63, 3.8) is 0 Å². The zero-order valence-corrected chi connectivity index (χ0v) is 8.22. The van der Waals surface area contributed by atoms with Gasteiger partial charge >= 0.3 is 0 Å². The fourth-order valence-electron chi connectivity index (χ4n) is 1.00. The average Bonchev–Trinajstić information content (AvgIpc) is 2.04. The molecule has 0 unspecified atom stereocenters. The topological polar surface area (TPSA) is 22.1 Å². The molecule has 0 aromatic carbocycles. The van der Waals surface area contributed by atoms with Crippen LogP contribution in [-0.4, -0.2) is 12.1 Å². The van der Waals surface area contributed by atoms with E-state index in [4.69, 9.17) is 16.3 Å². The first-order valence-electron chi connectivity index (χ1n) is 3.85. The van der Waals surface area contributed by atoms with Crippen molar-refractivity contribution >= 4 is 11.6 Å². The summed E-state index contributed by atoms with van der Waals surface area (Å²) in [7, 11) is 1.60. The summed E-state index contributed by atoms with van der Waals surface area (Å²) in [5, 5.41) is 0.620. The molecule has 2 nitrogen and oxygen atoms in total. The van der Waals surface area contributed by atoms with Crippen LogP contribution in [0.5, 0.6) is 5.75 Å². The van der Waals surface area contributed by atoms with Gasteiger partial charge in [0.15, 0.2) is 0 Å². The van der Waals surface area contributed by atoms with Crippen molar-refractivity contribution in [3.05, 3.63) is 23.0 Å². The number of methoxy groups -OCH3 is 1. The van der Waals surface area contributed by atoms with E-state index in [1.807, 2.05) is 13.8 Å². The minimum absolute atomic E-state index is 0.326. The van der Waals surface area contributed by atoms with E-state index >= 15 is 0 Å². The van der Waals surface area contributed by atoms with E-state index in [2.05, 4.69) is 4.98 Å². The third-order valence-electron chi connectivity index (χ3n) is 1.65. The number of nitrogens with zero attached hydrogens (tertiary/aromatic N) is 1. The predicted octanol–water partition coefficient (Wildman–Crippen LogP) is 2.87. The van der Waals surface area contributed by atoms with Crippen LogP contribution in [0.15, 0.2) is 12.3 Å². The van der Waals surface area contributed by atoms with E-state index in [0.29, 0.717) is 16.7 Å². The second-order valence-electron chi connectivity index (χ2n) is 2.87. The van der Waals surface area contributed by atoms with Crippen molar-refractivity contribution in [1.29, 1.82) is 0 Å². The molecule has 66 valence electrons. The lowest BCUT2D eigenvalue weighted by Crippen LogP contribution is -1.95. The molecule has 0 bridgehead atoms. The van der Waals surface area contributed by atoms with Gasteiger partial charge in [-0.1, -0.05) is 25.4 Å². The van der Waals surface area contributed by atoms with E-state index in [-0.39, 0.29) is 0 Å². The first-order valence-corrected chi connectivity index (χ1v) is 4.23. The Morgan fingerprint density at radius 1 is 1.50 bits per heavy atom. The van der Waals surface area contributed by atoms with Crippen molar-refractivity contribution in [2.75, 3.05) is 7.11 Å². The highest BCUT2D eigenvalue weighted by Gasteiger charge is 2.10. The standard InChI is InChI=1S/C9H12ClNO/c1-6(2)9-8(10)7(12-3)4-5-11-9/h4-6H,1-3H3. The summed E-state index contributed by atoms with van der Waals surface area (Å²) >= 11 is 6.02. The van der Waals surface area contributed by atoms with Crippen molar-refractivity contribution in [1.82, 2.24) is 4.98 Å². The van der Waals surface area contributed by atoms with Crippen molar-refractivity contribution < 1.29 is 4.74 Å². The Morgan fingerprint density at radius 2 is 2.17 bits per heavy atom. The molecule has 0 saturated carbocycles. The fraction of sp³-hybridized carbons (Fsp3) is 0.444. The maximum absolute atomic E-state index is 6.02. The van der Waals surface area contributed by atoms with Crippen LogP contribution >= 0.6 is 11.6 Å². The zero-order chi connectivity index (χ0) is 9.14. The number of pyridine rings is 1. The van der Waals surface area contributed by atoms with Crippen molar-refractivity contribution in [3.8, 4) is 5.75 Å². The Hall–Kier alpha value is -0.760. The molecular formula is C9H12ClNO. The molecule has 12 heavy (non-hydrogen) atoms. The number of hydrogen-bond acceptors (Lipinski definition) is 2. The van der Waals surface area contributed by atoms with Crippen LogP contribution in [0.3, 0.4) is 0 Å². The molecule has 0 aliphatic carbocycles. The van der Waals surface area contributed by atoms with Crippen LogP contribution < -0.4 is 4.74 Å². The van der Waals surface area contributed by atoms with E-state index in [9.17, 15) is 0 Å². The molecular weight excluding hydrogens is 174 g/mol. The van der Waals surface area contributed by atoms with Crippen LogP contribution in [-0.2, 0) is 0 Å². The van der Waals surface area contributed by atoms with Gasteiger partial charge in [-0.05, 0) is 5.92 Å². The number of rotatable bonds is 2. The van der Waals surface area contributed by atoms with Crippen LogP contribution in [0.2, 0.25) is 5.02 Å². The predicted molar refractivity (Wildman–Crippen MR) is 49.9 cm³/mol. The summed E-state index contributed by atoms with van der Waals surface area (Å²) in [4.78, 5) is 4.17. The maximum atomic E-state index is 6.02. The van der Waals surface area contributed by atoms with Gasteiger partial charge in [0, 0.05) is 12.3 Å². The Morgan fingerprint density at radius 3 is 2.67 bits per heavy atom. The largest absolute Gasteiger partial charge is 0.495 e. The Balaban J connectivity index is 3.14. The quantitative estimate of drug-likeness (QED) is 0.707. The lowest BCUT2D eigenvalue weighted by Gasteiger charge is -2.09. The molecule has 1 aromatic heterocycles. The summed E-state index contributed by atoms with van der Waals surface area (Å²) in [6, 6.07) is 1.76. The van der Waals surface area contributed by atoms with E-state index in [1.54, 1.807) is 19.4 Å². The molecule has 0 aliphatic heterocycles. The van der Waals surface area contributed by atoms with E-state index < -0.39 is 0 Å². The van der Waals surface area contributed by atoms with Gasteiger partial charge < -0.3 is 4.74 Å². The minimum atomic E-state index is 0.326. The highest BCUT2D eigenvalue weighted by atomic mass is 35.5. The lowest BCUT2D eigenvalue weighted by atomic mass is 10.1. The average molecular weight is 186 g/mol. The number of halogens is 1. The second-order valence-corrected chi connectivity index (χ2v) is 3.25. The number of ether oxygens (including phenoxy) is 1. The molecule has 0 N–H and O–H groups in total. The molecule has 0 atom stereocenters. The molecule has 0 saturated heterocycles. The Kier molecular flexibility index (Phi) is 2.93. The van der Waals surface area contributed by atoms with Gasteiger partial charge in [-0.15, -0.1) is 0 Å². The summed E-state index contributed by atoms with van der Waals surface area (Å²) in [5.41, 5.74) is 0.885. The van der Waals surface area contributed by atoms with Gasteiger partial charge in [-0.2, -0.15) is 0 Å². The minimum Gasteiger partial charge on any atom is -0.495 e. The van der Waals surface area contributed by atoms with Gasteiger partial charge in [-0.25, -0.2) is 0 Å². The first kappa shape index (κ1) is 9.33. The van der Waals surface area contributed by atoms with Crippen molar-refractivity contribution in [2.24, 2.45) is 0 Å². The fourth-order valence-corrected chi connectivity index (χ4v) is 1.41. The smallest absolute Gasteiger partial charge is 0.140 e. The number of aromatic nitrogens is 1. The normalized spacial score (nSPS) is 10.4. The SMILES string of the molecule is COc1ccnc(C(C)C)c1Cl. The van der Waals surface area contributed by atoms with Gasteiger partial charge in [0.25, 0.3) is 0 Å². The Labute approximate surface area is 77.5 Å². The molecule has 0 spiro atoms. The van der Waals surface area contributed by atoms with Crippen molar-refractivity contribution in [2.45, 2.75) is 19.8 Å². The van der Waals surface area contributed by atoms with Crippen LogP contribution in [0.1, 0.15) is 25.5 Å². The van der Waals surface area contributed by atoms with Crippen LogP contribution in [0.4, 0.5) is 0 Å². The third-order valence-corrected chi connectivity index (χ3v) is 2.03. The monoisotopic (exact) mass is 185 g/mol. The Bertz CT molecular complexity index is 273. The van der Waals surface area contributed by atoms with Gasteiger partial charge in [0.05, 0.1) is 12.8 Å². The van der Waals surface area contributed by atoms with Gasteiger partial charge in [0.2, 0.25) is 0 Å². The third kappa shape index (κ3) is 1.69. The highest BCUT2D eigenvalue weighted by Crippen LogP contribution is 2.30. The first-order chi connectivity index (χ1) is 5.66. The second kappa shape index (κ2) is 3.76. The molecule has 1 heterocycles.